The van der Waals surface area contributed by atoms with Crippen LogP contribution in [0.15, 0.2) is 21.9 Å². The van der Waals surface area contributed by atoms with E-state index in [9.17, 15) is 14.4 Å². The molecule has 10 heteroatoms. The molecule has 23 heavy (non-hydrogen) atoms. The van der Waals surface area contributed by atoms with Crippen LogP contribution in [-0.2, 0) is 0 Å². The number of carbonyl (C=O) groups excluding carboxylic acids is 1. The van der Waals surface area contributed by atoms with Crippen LogP contribution in [0.2, 0.25) is 0 Å². The molecule has 2 heterocycles. The van der Waals surface area contributed by atoms with E-state index >= 15 is 0 Å². The van der Waals surface area contributed by atoms with Gasteiger partial charge in [-0.15, -0.1) is 24.8 Å². The van der Waals surface area contributed by atoms with Gasteiger partial charge in [0, 0.05) is 18.8 Å². The molecule has 1 fully saturated rings. The van der Waals surface area contributed by atoms with Gasteiger partial charge in [0.05, 0.1) is 10.9 Å². The molecule has 0 bridgehead atoms. The van der Waals surface area contributed by atoms with E-state index in [0.717, 1.165) is 12.8 Å². The molecule has 0 aliphatic heterocycles. The third-order valence-electron chi connectivity index (χ3n) is 3.58. The number of carbonyl (C=O) groups is 1. The van der Waals surface area contributed by atoms with Crippen molar-refractivity contribution in [3.05, 3.63) is 38.7 Å². The van der Waals surface area contributed by atoms with E-state index in [1.807, 2.05) is 0 Å². The number of pyridine rings is 1. The second kappa shape index (κ2) is 7.58. The minimum absolute atomic E-state index is 0. The Morgan fingerprint density at radius 1 is 1.35 bits per heavy atom. The predicted molar refractivity (Wildman–Crippen MR) is 90.5 cm³/mol. The molecule has 1 saturated carbocycles. The molecular weight excluding hydrogens is 345 g/mol. The maximum atomic E-state index is 12.0. The number of aromatic nitrogens is 3. The van der Waals surface area contributed by atoms with E-state index in [-0.39, 0.29) is 53.4 Å². The fourth-order valence-electron chi connectivity index (χ4n) is 2.17. The van der Waals surface area contributed by atoms with E-state index < -0.39 is 11.2 Å². The Morgan fingerprint density at radius 2 is 2.04 bits per heavy atom. The fourth-order valence-corrected chi connectivity index (χ4v) is 2.17. The van der Waals surface area contributed by atoms with Crippen LogP contribution in [0.3, 0.4) is 0 Å². The first-order valence-electron chi connectivity index (χ1n) is 6.71. The first-order chi connectivity index (χ1) is 10.0. The number of nitrogens with zero attached hydrogens (tertiary/aromatic N) is 1. The largest absolute Gasteiger partial charge is 0.350 e. The number of nitrogens with one attached hydrogen (secondary N) is 3. The molecule has 1 aliphatic carbocycles. The first-order valence-corrected chi connectivity index (χ1v) is 6.71. The minimum atomic E-state index is -0.632. The number of rotatable bonds is 4. The van der Waals surface area contributed by atoms with Crippen LogP contribution in [-0.4, -0.2) is 33.4 Å². The lowest BCUT2D eigenvalue weighted by molar-refractivity contribution is 0.0950. The van der Waals surface area contributed by atoms with Crippen molar-refractivity contribution >= 4 is 41.8 Å². The summed E-state index contributed by atoms with van der Waals surface area (Å²) in [5, 5.41) is 2.89. The molecule has 1 aliphatic rings. The SMILES string of the molecule is Cl.Cl.NC(CNC(=O)c1cnc2[nH]c(=O)[nH]c(=O)c2c1)C1CC1. The quantitative estimate of drug-likeness (QED) is 0.604. The summed E-state index contributed by atoms with van der Waals surface area (Å²) in [6.07, 6.45) is 3.53. The molecule has 0 saturated heterocycles. The third-order valence-corrected chi connectivity index (χ3v) is 3.58. The van der Waals surface area contributed by atoms with Crippen molar-refractivity contribution in [3.63, 3.8) is 0 Å². The summed E-state index contributed by atoms with van der Waals surface area (Å²) in [5.74, 6) is 0.152. The molecule has 0 spiro atoms. The average Bonchev–Trinajstić information content (AvgIpc) is 3.28. The van der Waals surface area contributed by atoms with E-state index in [0.29, 0.717) is 12.5 Å². The van der Waals surface area contributed by atoms with Gasteiger partial charge in [-0.3, -0.25) is 19.6 Å². The lowest BCUT2D eigenvalue weighted by atomic mass is 10.2. The summed E-state index contributed by atoms with van der Waals surface area (Å²) in [6.45, 7) is 0.392. The standard InChI is InChI=1S/C13H15N5O3.2ClH/c14-9(6-1-2-6)5-16-11(19)7-3-8-10(15-4-7)17-13(21)18-12(8)20;;/h3-4,6,9H,1-2,5,14H2,(H,16,19)(H2,15,17,18,20,21);2*1H. The van der Waals surface area contributed by atoms with Gasteiger partial charge in [-0.2, -0.15) is 0 Å². The Morgan fingerprint density at radius 3 is 2.70 bits per heavy atom. The smallest absolute Gasteiger partial charge is 0.327 e. The predicted octanol–water partition coefficient (Wildman–Crippen LogP) is -0.0779. The molecule has 0 radical (unpaired) electrons. The van der Waals surface area contributed by atoms with Crippen molar-refractivity contribution in [1.29, 1.82) is 0 Å². The van der Waals surface area contributed by atoms with Gasteiger partial charge in [0.1, 0.15) is 5.65 Å². The molecule has 3 rings (SSSR count). The number of nitrogens with two attached hydrogens (primary N) is 1. The van der Waals surface area contributed by atoms with Crippen LogP contribution in [0.4, 0.5) is 0 Å². The number of H-pyrrole nitrogens is 2. The molecule has 8 nitrogen and oxygen atoms in total. The van der Waals surface area contributed by atoms with Crippen molar-refractivity contribution in [2.24, 2.45) is 11.7 Å². The van der Waals surface area contributed by atoms with Crippen LogP contribution in [0.5, 0.6) is 0 Å². The Hall–Kier alpha value is -1.90. The Bertz CT molecular complexity index is 815. The van der Waals surface area contributed by atoms with Gasteiger partial charge in [-0.05, 0) is 24.8 Å². The van der Waals surface area contributed by atoms with Crippen molar-refractivity contribution in [3.8, 4) is 0 Å². The highest BCUT2D eigenvalue weighted by Gasteiger charge is 2.28. The van der Waals surface area contributed by atoms with Crippen LogP contribution < -0.4 is 22.3 Å². The summed E-state index contributed by atoms with van der Waals surface area (Å²) in [5.41, 5.74) is 5.10. The van der Waals surface area contributed by atoms with Gasteiger partial charge in [0.15, 0.2) is 0 Å². The van der Waals surface area contributed by atoms with E-state index in [4.69, 9.17) is 5.73 Å². The molecule has 126 valence electrons. The van der Waals surface area contributed by atoms with Gasteiger partial charge in [0.25, 0.3) is 11.5 Å². The van der Waals surface area contributed by atoms with Gasteiger partial charge in [-0.25, -0.2) is 9.78 Å². The molecule has 1 unspecified atom stereocenters. The van der Waals surface area contributed by atoms with Crippen LogP contribution in [0, 0.1) is 5.92 Å². The van der Waals surface area contributed by atoms with Gasteiger partial charge in [0.2, 0.25) is 0 Å². The molecule has 1 atom stereocenters. The summed E-state index contributed by atoms with van der Waals surface area (Å²) in [7, 11) is 0. The van der Waals surface area contributed by atoms with Crippen LogP contribution in [0.25, 0.3) is 11.0 Å². The summed E-state index contributed by atoms with van der Waals surface area (Å²) in [6, 6.07) is 1.36. The lowest BCUT2D eigenvalue weighted by Crippen LogP contribution is -2.38. The van der Waals surface area contributed by atoms with Crippen molar-refractivity contribution in [2.45, 2.75) is 18.9 Å². The maximum absolute atomic E-state index is 12.0. The number of aromatic amines is 2. The van der Waals surface area contributed by atoms with Crippen LogP contribution >= 0.6 is 24.8 Å². The minimum Gasteiger partial charge on any atom is -0.350 e. The van der Waals surface area contributed by atoms with Crippen molar-refractivity contribution in [2.75, 3.05) is 6.54 Å². The Kier molecular flexibility index (Phi) is 6.31. The number of halogens is 2. The highest BCUT2D eigenvalue weighted by atomic mass is 35.5. The zero-order chi connectivity index (χ0) is 15.0. The van der Waals surface area contributed by atoms with E-state index in [2.05, 4.69) is 20.3 Å². The van der Waals surface area contributed by atoms with Crippen LogP contribution in [0.1, 0.15) is 23.2 Å². The number of amides is 1. The number of fused-ring (bicyclic) bond motifs is 1. The highest BCUT2D eigenvalue weighted by Crippen LogP contribution is 2.31. The normalized spacial score (nSPS) is 14.5. The number of hydrogen-bond donors (Lipinski definition) is 4. The number of hydrogen-bond acceptors (Lipinski definition) is 5. The van der Waals surface area contributed by atoms with E-state index in [1.54, 1.807) is 0 Å². The second-order valence-electron chi connectivity index (χ2n) is 5.24. The zero-order valence-corrected chi connectivity index (χ0v) is 13.6. The highest BCUT2D eigenvalue weighted by molar-refractivity contribution is 5.96. The first kappa shape index (κ1) is 19.1. The summed E-state index contributed by atoms with van der Waals surface area (Å²) < 4.78 is 0. The molecule has 0 aromatic carbocycles. The Balaban J connectivity index is 0.00000132. The van der Waals surface area contributed by atoms with Crippen molar-refractivity contribution in [1.82, 2.24) is 20.3 Å². The fraction of sp³-hybridized carbons (Fsp3) is 0.385. The summed E-state index contributed by atoms with van der Waals surface area (Å²) in [4.78, 5) is 43.2. The molecule has 5 N–H and O–H groups in total. The lowest BCUT2D eigenvalue weighted by Gasteiger charge is -2.11. The molecule has 1 amide bonds. The topological polar surface area (TPSA) is 134 Å². The zero-order valence-electron chi connectivity index (χ0n) is 12.0. The third kappa shape index (κ3) is 4.31. The average molecular weight is 362 g/mol. The second-order valence-corrected chi connectivity index (χ2v) is 5.24. The summed E-state index contributed by atoms with van der Waals surface area (Å²) >= 11 is 0. The molecule has 2 aromatic rings. The molecule has 2 aromatic heterocycles. The van der Waals surface area contributed by atoms with Crippen molar-refractivity contribution < 1.29 is 4.79 Å². The van der Waals surface area contributed by atoms with E-state index in [1.165, 1.54) is 12.3 Å². The maximum Gasteiger partial charge on any atom is 0.327 e. The Labute approximate surface area is 143 Å². The van der Waals surface area contributed by atoms with Gasteiger partial charge >= 0.3 is 5.69 Å². The molecular formula is C13H17Cl2N5O3. The monoisotopic (exact) mass is 361 g/mol. The van der Waals surface area contributed by atoms with Gasteiger partial charge < -0.3 is 11.1 Å². The van der Waals surface area contributed by atoms with Gasteiger partial charge in [-0.1, -0.05) is 0 Å².